The molecule has 0 bridgehead atoms. The zero-order valence-corrected chi connectivity index (χ0v) is 7.83. The first-order chi connectivity index (χ1) is 5.63. The zero-order valence-electron chi connectivity index (χ0n) is 7.83. The largest absolute Gasteiger partial charge is 0.465 e. The number of nitrogens with one attached hydrogen (secondary N) is 1. The van der Waals surface area contributed by atoms with Crippen LogP contribution in [0, 0.1) is 0 Å². The summed E-state index contributed by atoms with van der Waals surface area (Å²) in [5, 5.41) is 12.0. The van der Waals surface area contributed by atoms with Gasteiger partial charge in [0.15, 0.2) is 0 Å². The Morgan fingerprint density at radius 1 is 1.58 bits per heavy atom. The summed E-state index contributed by atoms with van der Waals surface area (Å²) in [7, 11) is 0. The molecule has 0 aliphatic rings. The molecule has 0 rings (SSSR count). The number of likely N-dealkylation sites (N-methyl/N-ethyl adjacent to an activating group) is 1. The average Bonchev–Trinajstić information content (AvgIpc) is 1.99. The fourth-order valence-corrected chi connectivity index (χ4v) is 0.903. The van der Waals surface area contributed by atoms with Gasteiger partial charge in [0.2, 0.25) is 0 Å². The summed E-state index contributed by atoms with van der Waals surface area (Å²) >= 11 is 0. The van der Waals surface area contributed by atoms with E-state index in [4.69, 9.17) is 4.74 Å². The van der Waals surface area contributed by atoms with Crippen LogP contribution >= 0.6 is 0 Å². The van der Waals surface area contributed by atoms with Crippen LogP contribution in [0.3, 0.4) is 0 Å². The summed E-state index contributed by atoms with van der Waals surface area (Å²) < 4.78 is 4.76. The van der Waals surface area contributed by atoms with Gasteiger partial charge in [-0.2, -0.15) is 0 Å². The van der Waals surface area contributed by atoms with Gasteiger partial charge in [0.05, 0.1) is 12.7 Å². The third-order valence-corrected chi connectivity index (χ3v) is 1.45. The van der Waals surface area contributed by atoms with E-state index in [1.165, 1.54) is 0 Å². The van der Waals surface area contributed by atoms with Crippen molar-refractivity contribution in [3.05, 3.63) is 0 Å². The van der Waals surface area contributed by atoms with Crippen molar-refractivity contribution in [2.75, 3.05) is 13.2 Å². The molecular formula is C8H17NO3. The van der Waals surface area contributed by atoms with Crippen molar-refractivity contribution < 1.29 is 14.6 Å². The minimum absolute atomic E-state index is 0.341. The predicted molar refractivity (Wildman–Crippen MR) is 45.8 cm³/mol. The molecule has 0 aliphatic carbocycles. The second kappa shape index (κ2) is 5.97. The van der Waals surface area contributed by atoms with E-state index in [1.54, 1.807) is 13.8 Å². The Balaban J connectivity index is 4.00. The van der Waals surface area contributed by atoms with Gasteiger partial charge >= 0.3 is 5.97 Å². The summed E-state index contributed by atoms with van der Waals surface area (Å²) in [6.07, 6.45) is -0.719. The molecule has 2 atom stereocenters. The van der Waals surface area contributed by atoms with Crippen LogP contribution in [0.25, 0.3) is 0 Å². The van der Waals surface area contributed by atoms with Crippen molar-refractivity contribution in [2.24, 2.45) is 0 Å². The summed E-state index contributed by atoms with van der Waals surface area (Å²) in [6.45, 7) is 6.14. The standard InChI is InChI=1S/C8H17NO3/c1-4-9-7(6(3)10)8(11)12-5-2/h6-7,9-10H,4-5H2,1-3H3/t6-,7+/m1/s1. The first-order valence-electron chi connectivity index (χ1n) is 4.21. The number of hydrogen-bond donors (Lipinski definition) is 2. The van der Waals surface area contributed by atoms with Gasteiger partial charge in [-0.1, -0.05) is 6.92 Å². The van der Waals surface area contributed by atoms with Gasteiger partial charge in [0, 0.05) is 0 Å². The molecule has 0 saturated carbocycles. The zero-order chi connectivity index (χ0) is 9.56. The smallest absolute Gasteiger partial charge is 0.325 e. The monoisotopic (exact) mass is 175 g/mol. The van der Waals surface area contributed by atoms with Crippen molar-refractivity contribution in [3.8, 4) is 0 Å². The Morgan fingerprint density at radius 2 is 2.17 bits per heavy atom. The van der Waals surface area contributed by atoms with E-state index in [9.17, 15) is 9.90 Å². The van der Waals surface area contributed by atoms with Crippen molar-refractivity contribution in [2.45, 2.75) is 32.9 Å². The van der Waals surface area contributed by atoms with Crippen molar-refractivity contribution >= 4 is 5.97 Å². The average molecular weight is 175 g/mol. The molecule has 72 valence electrons. The van der Waals surface area contributed by atoms with Gasteiger partial charge in [-0.25, -0.2) is 0 Å². The highest BCUT2D eigenvalue weighted by molar-refractivity contribution is 5.76. The molecule has 0 unspecified atom stereocenters. The van der Waals surface area contributed by atoms with E-state index >= 15 is 0 Å². The Bertz CT molecular complexity index is 136. The van der Waals surface area contributed by atoms with Gasteiger partial charge in [-0.3, -0.25) is 4.79 Å². The molecule has 0 amide bonds. The Kier molecular flexibility index (Phi) is 5.66. The Labute approximate surface area is 72.9 Å². The third-order valence-electron chi connectivity index (χ3n) is 1.45. The Morgan fingerprint density at radius 3 is 2.50 bits per heavy atom. The van der Waals surface area contributed by atoms with Crippen LogP contribution < -0.4 is 5.32 Å². The minimum Gasteiger partial charge on any atom is -0.465 e. The van der Waals surface area contributed by atoms with E-state index in [1.807, 2.05) is 6.92 Å². The molecule has 4 nitrogen and oxygen atoms in total. The predicted octanol–water partition coefficient (Wildman–Crippen LogP) is -0.0916. The number of esters is 1. The van der Waals surface area contributed by atoms with Gasteiger partial charge in [-0.15, -0.1) is 0 Å². The quantitative estimate of drug-likeness (QED) is 0.573. The molecule has 0 aliphatic heterocycles. The van der Waals surface area contributed by atoms with E-state index in [0.29, 0.717) is 13.2 Å². The van der Waals surface area contributed by atoms with Crippen LogP contribution in [0.15, 0.2) is 0 Å². The molecular weight excluding hydrogens is 158 g/mol. The molecule has 0 radical (unpaired) electrons. The molecule has 0 aromatic carbocycles. The fourth-order valence-electron chi connectivity index (χ4n) is 0.903. The molecule has 0 fully saturated rings. The topological polar surface area (TPSA) is 58.6 Å². The molecule has 0 spiro atoms. The third kappa shape index (κ3) is 3.69. The van der Waals surface area contributed by atoms with E-state index in [-0.39, 0.29) is 0 Å². The number of ether oxygens (including phenoxy) is 1. The minimum atomic E-state index is -0.719. The number of carbonyl (C=O) groups is 1. The van der Waals surface area contributed by atoms with Crippen molar-refractivity contribution in [3.63, 3.8) is 0 Å². The van der Waals surface area contributed by atoms with E-state index in [0.717, 1.165) is 0 Å². The molecule has 0 heterocycles. The molecule has 0 aromatic heterocycles. The maximum Gasteiger partial charge on any atom is 0.325 e. The van der Waals surface area contributed by atoms with E-state index < -0.39 is 18.1 Å². The van der Waals surface area contributed by atoms with Gasteiger partial charge in [0.25, 0.3) is 0 Å². The Hall–Kier alpha value is -0.610. The summed E-state index contributed by atoms with van der Waals surface area (Å²) in [4.78, 5) is 11.1. The second-order valence-electron chi connectivity index (χ2n) is 2.53. The highest BCUT2D eigenvalue weighted by Gasteiger charge is 2.23. The number of hydrogen-bond acceptors (Lipinski definition) is 4. The lowest BCUT2D eigenvalue weighted by Crippen LogP contribution is -2.45. The molecule has 2 N–H and O–H groups in total. The normalized spacial score (nSPS) is 15.3. The first-order valence-corrected chi connectivity index (χ1v) is 4.21. The maximum atomic E-state index is 11.1. The van der Waals surface area contributed by atoms with Crippen LogP contribution in [0.4, 0.5) is 0 Å². The van der Waals surface area contributed by atoms with Gasteiger partial charge in [0.1, 0.15) is 6.04 Å². The summed E-state index contributed by atoms with van der Waals surface area (Å²) in [6, 6.07) is -0.602. The first kappa shape index (κ1) is 11.4. The number of aliphatic hydroxyl groups excluding tert-OH is 1. The van der Waals surface area contributed by atoms with Crippen LogP contribution in [0.1, 0.15) is 20.8 Å². The highest BCUT2D eigenvalue weighted by atomic mass is 16.5. The summed E-state index contributed by atoms with van der Waals surface area (Å²) in [5.41, 5.74) is 0. The number of rotatable bonds is 5. The van der Waals surface area contributed by atoms with E-state index in [2.05, 4.69) is 5.32 Å². The number of carbonyl (C=O) groups excluding carboxylic acids is 1. The lowest BCUT2D eigenvalue weighted by Gasteiger charge is -2.18. The fraction of sp³-hybridized carbons (Fsp3) is 0.875. The molecule has 0 aromatic rings. The van der Waals surface area contributed by atoms with Crippen molar-refractivity contribution in [1.82, 2.24) is 5.32 Å². The second-order valence-corrected chi connectivity index (χ2v) is 2.53. The maximum absolute atomic E-state index is 11.1. The van der Waals surface area contributed by atoms with Crippen LogP contribution in [-0.2, 0) is 9.53 Å². The van der Waals surface area contributed by atoms with Gasteiger partial charge in [-0.05, 0) is 20.4 Å². The van der Waals surface area contributed by atoms with Crippen molar-refractivity contribution in [1.29, 1.82) is 0 Å². The SMILES string of the molecule is CCN[C@H](C(=O)OCC)[C@@H](C)O. The molecule has 4 heteroatoms. The van der Waals surface area contributed by atoms with Crippen LogP contribution in [-0.4, -0.2) is 36.4 Å². The van der Waals surface area contributed by atoms with Gasteiger partial charge < -0.3 is 15.2 Å². The molecule has 12 heavy (non-hydrogen) atoms. The van der Waals surface area contributed by atoms with Crippen LogP contribution in [0.2, 0.25) is 0 Å². The highest BCUT2D eigenvalue weighted by Crippen LogP contribution is 1.95. The summed E-state index contributed by atoms with van der Waals surface area (Å²) in [5.74, 6) is -0.394. The molecule has 0 saturated heterocycles. The lowest BCUT2D eigenvalue weighted by molar-refractivity contribution is -0.148. The van der Waals surface area contributed by atoms with Crippen LogP contribution in [0.5, 0.6) is 0 Å². The number of aliphatic hydroxyl groups is 1. The lowest BCUT2D eigenvalue weighted by atomic mass is 10.2.